The average molecular weight is 269 g/mol. The number of fused-ring (bicyclic) bond motifs is 1. The molecule has 0 aliphatic rings. The highest BCUT2D eigenvalue weighted by Gasteiger charge is 2.09. The van der Waals surface area contributed by atoms with Crippen molar-refractivity contribution in [3.8, 4) is 0 Å². The van der Waals surface area contributed by atoms with Crippen LogP contribution in [0.5, 0.6) is 0 Å². The first-order valence-corrected chi connectivity index (χ1v) is 6.62. The molecule has 0 N–H and O–H groups in total. The van der Waals surface area contributed by atoms with Gasteiger partial charge in [-0.15, -0.1) is 4.91 Å². The summed E-state index contributed by atoms with van der Waals surface area (Å²) in [5.74, 6) is 0. The van der Waals surface area contributed by atoms with E-state index in [1.807, 2.05) is 42.3 Å². The zero-order chi connectivity index (χ0) is 13.2. The lowest BCUT2D eigenvalue weighted by molar-refractivity contribution is 1.18. The normalized spacial score (nSPS) is 10.6. The van der Waals surface area contributed by atoms with Crippen molar-refractivity contribution in [2.24, 2.45) is 5.18 Å². The highest BCUT2D eigenvalue weighted by molar-refractivity contribution is 7.22. The summed E-state index contributed by atoms with van der Waals surface area (Å²) in [7, 11) is 1.96. The maximum Gasteiger partial charge on any atom is 0.190 e. The molecule has 0 fully saturated rings. The van der Waals surface area contributed by atoms with Crippen molar-refractivity contribution >= 4 is 38.1 Å². The smallest absolute Gasteiger partial charge is 0.190 e. The molecule has 2 aromatic carbocycles. The molecule has 19 heavy (non-hydrogen) atoms. The summed E-state index contributed by atoms with van der Waals surface area (Å²) in [6, 6.07) is 15.2. The fourth-order valence-corrected chi connectivity index (χ4v) is 2.80. The standard InChI is InChI=1S/C14H11N3OS/c1-17(11-8-6-10(16-18)7-9-11)14-15-12-4-2-3-5-13(12)19-14/h2-9H,1H3. The minimum atomic E-state index is 0.432. The second-order valence-electron chi connectivity index (χ2n) is 4.13. The Kier molecular flexibility index (Phi) is 2.97. The highest BCUT2D eigenvalue weighted by Crippen LogP contribution is 2.32. The maximum absolute atomic E-state index is 10.4. The molecule has 3 rings (SSSR count). The van der Waals surface area contributed by atoms with Crippen LogP contribution in [0, 0.1) is 4.91 Å². The van der Waals surface area contributed by atoms with Crippen molar-refractivity contribution in [1.29, 1.82) is 0 Å². The predicted octanol–water partition coefficient (Wildman–Crippen LogP) is 4.46. The van der Waals surface area contributed by atoms with E-state index < -0.39 is 0 Å². The Morgan fingerprint density at radius 1 is 1.11 bits per heavy atom. The van der Waals surface area contributed by atoms with Crippen LogP contribution < -0.4 is 4.90 Å². The van der Waals surface area contributed by atoms with Gasteiger partial charge in [-0.25, -0.2) is 4.98 Å². The molecule has 0 amide bonds. The summed E-state index contributed by atoms with van der Waals surface area (Å²) in [5.41, 5.74) is 2.41. The van der Waals surface area contributed by atoms with Gasteiger partial charge in [-0.3, -0.25) is 0 Å². The first-order chi connectivity index (χ1) is 9.28. The minimum absolute atomic E-state index is 0.432. The topological polar surface area (TPSA) is 45.6 Å². The first-order valence-electron chi connectivity index (χ1n) is 5.80. The van der Waals surface area contributed by atoms with Gasteiger partial charge in [-0.1, -0.05) is 23.5 Å². The quantitative estimate of drug-likeness (QED) is 0.659. The maximum atomic E-state index is 10.4. The van der Waals surface area contributed by atoms with Crippen molar-refractivity contribution in [2.45, 2.75) is 0 Å². The third-order valence-electron chi connectivity index (χ3n) is 2.91. The molecule has 0 radical (unpaired) electrons. The predicted molar refractivity (Wildman–Crippen MR) is 79.6 cm³/mol. The number of hydrogen-bond acceptors (Lipinski definition) is 5. The molecule has 5 heteroatoms. The Balaban J connectivity index is 1.97. The Labute approximate surface area is 114 Å². The molecule has 0 spiro atoms. The first kappa shape index (κ1) is 11.8. The molecule has 0 saturated carbocycles. The molecular formula is C14H11N3OS. The molecule has 0 bridgehead atoms. The number of rotatable bonds is 3. The highest BCUT2D eigenvalue weighted by atomic mass is 32.1. The number of hydrogen-bond donors (Lipinski definition) is 0. The summed E-state index contributed by atoms with van der Waals surface area (Å²) in [6.45, 7) is 0. The number of nitroso groups, excluding NO2 is 1. The average Bonchev–Trinajstić information content (AvgIpc) is 2.90. The number of thiazole rings is 1. The van der Waals surface area contributed by atoms with Gasteiger partial charge >= 0.3 is 0 Å². The second kappa shape index (κ2) is 4.78. The van der Waals surface area contributed by atoms with Gasteiger partial charge < -0.3 is 4.90 Å². The SMILES string of the molecule is CN(c1ccc(N=O)cc1)c1nc2ccccc2s1. The van der Waals surface area contributed by atoms with Crippen LogP contribution in [0.4, 0.5) is 16.5 Å². The van der Waals surface area contributed by atoms with Crippen LogP contribution >= 0.6 is 11.3 Å². The Morgan fingerprint density at radius 3 is 2.53 bits per heavy atom. The van der Waals surface area contributed by atoms with Crippen LogP contribution in [-0.2, 0) is 0 Å². The van der Waals surface area contributed by atoms with Crippen LogP contribution in [0.1, 0.15) is 0 Å². The number of benzene rings is 2. The Hall–Kier alpha value is -2.27. The van der Waals surface area contributed by atoms with Crippen molar-refractivity contribution < 1.29 is 0 Å². The van der Waals surface area contributed by atoms with Crippen molar-refractivity contribution in [3.05, 3.63) is 53.4 Å². The summed E-state index contributed by atoms with van der Waals surface area (Å²) < 4.78 is 1.16. The fourth-order valence-electron chi connectivity index (χ4n) is 1.85. The van der Waals surface area contributed by atoms with Gasteiger partial charge in [-0.05, 0) is 41.6 Å². The van der Waals surface area contributed by atoms with Gasteiger partial charge in [0.25, 0.3) is 0 Å². The van der Waals surface area contributed by atoms with Gasteiger partial charge in [0.05, 0.1) is 10.2 Å². The molecule has 0 saturated heterocycles. The largest absolute Gasteiger partial charge is 0.321 e. The monoisotopic (exact) mass is 269 g/mol. The molecule has 94 valence electrons. The van der Waals surface area contributed by atoms with E-state index in [0.29, 0.717) is 5.69 Å². The Morgan fingerprint density at radius 2 is 1.84 bits per heavy atom. The van der Waals surface area contributed by atoms with Gasteiger partial charge in [0, 0.05) is 12.7 Å². The van der Waals surface area contributed by atoms with E-state index in [1.165, 1.54) is 0 Å². The zero-order valence-electron chi connectivity index (χ0n) is 10.3. The molecule has 0 atom stereocenters. The van der Waals surface area contributed by atoms with Crippen LogP contribution in [-0.4, -0.2) is 12.0 Å². The van der Waals surface area contributed by atoms with Gasteiger partial charge in [0.1, 0.15) is 5.69 Å². The molecule has 0 aliphatic carbocycles. The molecule has 4 nitrogen and oxygen atoms in total. The number of aromatic nitrogens is 1. The molecule has 3 aromatic rings. The van der Waals surface area contributed by atoms with E-state index in [9.17, 15) is 4.91 Å². The van der Waals surface area contributed by atoms with Crippen LogP contribution in [0.15, 0.2) is 53.7 Å². The van der Waals surface area contributed by atoms with Gasteiger partial charge in [0.2, 0.25) is 0 Å². The second-order valence-corrected chi connectivity index (χ2v) is 5.14. The lowest BCUT2D eigenvalue weighted by atomic mass is 10.3. The molecule has 0 unspecified atom stereocenters. The van der Waals surface area contributed by atoms with E-state index in [1.54, 1.807) is 23.5 Å². The van der Waals surface area contributed by atoms with E-state index in [4.69, 9.17) is 0 Å². The third-order valence-corrected chi connectivity index (χ3v) is 4.02. The van der Waals surface area contributed by atoms with E-state index in [2.05, 4.69) is 16.2 Å². The summed E-state index contributed by atoms with van der Waals surface area (Å²) in [6.07, 6.45) is 0. The Bertz CT molecular complexity index is 688. The summed E-state index contributed by atoms with van der Waals surface area (Å²) in [5, 5.41) is 3.82. The van der Waals surface area contributed by atoms with Crippen molar-refractivity contribution in [1.82, 2.24) is 4.98 Å². The van der Waals surface area contributed by atoms with Crippen molar-refractivity contribution in [2.75, 3.05) is 11.9 Å². The molecular weight excluding hydrogens is 258 g/mol. The van der Waals surface area contributed by atoms with E-state index in [-0.39, 0.29) is 0 Å². The zero-order valence-corrected chi connectivity index (χ0v) is 11.1. The van der Waals surface area contributed by atoms with E-state index in [0.717, 1.165) is 21.0 Å². The van der Waals surface area contributed by atoms with Crippen LogP contribution in [0.3, 0.4) is 0 Å². The number of anilines is 2. The lowest BCUT2D eigenvalue weighted by Crippen LogP contribution is -2.08. The molecule has 1 heterocycles. The third kappa shape index (κ3) is 2.20. The van der Waals surface area contributed by atoms with Gasteiger partial charge in [0.15, 0.2) is 5.13 Å². The van der Waals surface area contributed by atoms with Crippen molar-refractivity contribution in [3.63, 3.8) is 0 Å². The summed E-state index contributed by atoms with van der Waals surface area (Å²) >= 11 is 1.64. The molecule has 0 aliphatic heterocycles. The number of para-hydroxylation sites is 1. The van der Waals surface area contributed by atoms with Crippen LogP contribution in [0.25, 0.3) is 10.2 Å². The number of nitrogens with zero attached hydrogens (tertiary/aromatic N) is 3. The van der Waals surface area contributed by atoms with Gasteiger partial charge in [-0.2, -0.15) is 0 Å². The fraction of sp³-hybridized carbons (Fsp3) is 0.0714. The molecule has 1 aromatic heterocycles. The minimum Gasteiger partial charge on any atom is -0.321 e. The van der Waals surface area contributed by atoms with Crippen LogP contribution in [0.2, 0.25) is 0 Å². The van der Waals surface area contributed by atoms with E-state index >= 15 is 0 Å². The lowest BCUT2D eigenvalue weighted by Gasteiger charge is -2.15. The summed E-state index contributed by atoms with van der Waals surface area (Å²) in [4.78, 5) is 17.0.